The Kier molecular flexibility index (Phi) is 3.67. The zero-order valence-corrected chi connectivity index (χ0v) is 13.1. The number of nitrogen functional groups attached to an aromatic ring is 1. The van der Waals surface area contributed by atoms with Crippen molar-refractivity contribution >= 4 is 39.2 Å². The number of fused-ring (bicyclic) bond motifs is 1. The lowest BCUT2D eigenvalue weighted by Gasteiger charge is -2.35. The highest BCUT2D eigenvalue weighted by Gasteiger charge is 2.22. The van der Waals surface area contributed by atoms with Crippen molar-refractivity contribution in [2.75, 3.05) is 36.8 Å². The quantitative estimate of drug-likeness (QED) is 0.910. The van der Waals surface area contributed by atoms with Gasteiger partial charge in [0.15, 0.2) is 0 Å². The second-order valence-corrected chi connectivity index (χ2v) is 6.30. The molecule has 1 aliphatic heterocycles. The predicted molar refractivity (Wildman–Crippen MR) is 85.7 cm³/mol. The third kappa shape index (κ3) is 2.65. The third-order valence-corrected chi connectivity index (χ3v) is 4.99. The molecule has 0 aromatic carbocycles. The van der Waals surface area contributed by atoms with E-state index >= 15 is 0 Å². The summed E-state index contributed by atoms with van der Waals surface area (Å²) in [7, 11) is 0. The first-order valence-corrected chi connectivity index (χ1v) is 7.96. The van der Waals surface area contributed by atoms with Gasteiger partial charge >= 0.3 is 0 Å². The Balaban J connectivity index is 1.93. The number of thiophene rings is 1. The van der Waals surface area contributed by atoms with E-state index in [1.807, 2.05) is 4.90 Å². The number of carbonyl (C=O) groups is 1. The molecule has 0 saturated carbocycles. The van der Waals surface area contributed by atoms with Crippen LogP contribution < -0.4 is 10.6 Å². The minimum absolute atomic E-state index is 0.130. The van der Waals surface area contributed by atoms with E-state index in [0.717, 1.165) is 48.6 Å². The molecule has 0 unspecified atom stereocenters. The fourth-order valence-corrected chi connectivity index (χ4v) is 3.59. The molecule has 0 spiro atoms. The van der Waals surface area contributed by atoms with Gasteiger partial charge in [-0.1, -0.05) is 6.92 Å². The molecule has 0 bridgehead atoms. The van der Waals surface area contributed by atoms with E-state index in [2.05, 4.69) is 27.9 Å². The highest BCUT2D eigenvalue weighted by atomic mass is 32.1. The van der Waals surface area contributed by atoms with Gasteiger partial charge in [-0.25, -0.2) is 4.98 Å². The van der Waals surface area contributed by atoms with Gasteiger partial charge < -0.3 is 15.5 Å². The minimum atomic E-state index is 0.130. The van der Waals surface area contributed by atoms with Crippen LogP contribution in [0.5, 0.6) is 0 Å². The monoisotopic (exact) mass is 305 g/mol. The molecule has 3 heterocycles. The molecule has 112 valence electrons. The van der Waals surface area contributed by atoms with Crippen LogP contribution in [0.25, 0.3) is 10.2 Å². The lowest BCUT2D eigenvalue weighted by molar-refractivity contribution is -0.129. The zero-order valence-electron chi connectivity index (χ0n) is 12.3. The summed E-state index contributed by atoms with van der Waals surface area (Å²) >= 11 is 1.67. The van der Waals surface area contributed by atoms with E-state index in [-0.39, 0.29) is 5.91 Å². The largest absolute Gasteiger partial charge is 0.368 e. The van der Waals surface area contributed by atoms with Crippen LogP contribution in [0, 0.1) is 0 Å². The molecule has 0 atom stereocenters. The molecule has 1 aliphatic rings. The van der Waals surface area contributed by atoms with Crippen molar-refractivity contribution in [3.8, 4) is 0 Å². The van der Waals surface area contributed by atoms with E-state index in [1.165, 1.54) is 4.88 Å². The number of anilines is 2. The van der Waals surface area contributed by atoms with Gasteiger partial charge in [0.2, 0.25) is 11.9 Å². The number of aryl methyl sites for hydroxylation is 1. The molecule has 1 saturated heterocycles. The molecule has 6 nitrogen and oxygen atoms in total. The standard InChI is InChI=1S/C14H19N5OS/c1-3-10-8-11-12(16-14(15)17-13(11)21-10)19-6-4-18(5-7-19)9(2)20/h8H,3-7H2,1-2H3,(H2,15,16,17). The highest BCUT2D eigenvalue weighted by Crippen LogP contribution is 2.32. The average molecular weight is 305 g/mol. The van der Waals surface area contributed by atoms with Crippen LogP contribution in [0.15, 0.2) is 6.07 Å². The molecule has 7 heteroatoms. The van der Waals surface area contributed by atoms with Crippen LogP contribution in [-0.4, -0.2) is 47.0 Å². The fourth-order valence-electron chi connectivity index (χ4n) is 2.62. The molecular formula is C14H19N5OS. The number of nitrogens with two attached hydrogens (primary N) is 1. The van der Waals surface area contributed by atoms with Crippen LogP contribution in [0.4, 0.5) is 11.8 Å². The number of amides is 1. The van der Waals surface area contributed by atoms with Crippen molar-refractivity contribution in [3.05, 3.63) is 10.9 Å². The molecule has 2 N–H and O–H groups in total. The average Bonchev–Trinajstić information content (AvgIpc) is 2.89. The topological polar surface area (TPSA) is 75.3 Å². The van der Waals surface area contributed by atoms with Gasteiger partial charge in [0.1, 0.15) is 10.6 Å². The van der Waals surface area contributed by atoms with Gasteiger partial charge in [-0.05, 0) is 12.5 Å². The molecule has 0 radical (unpaired) electrons. The Labute approximate surface area is 127 Å². The number of rotatable bonds is 2. The Morgan fingerprint density at radius 2 is 2.05 bits per heavy atom. The zero-order chi connectivity index (χ0) is 15.0. The van der Waals surface area contributed by atoms with Crippen LogP contribution in [-0.2, 0) is 11.2 Å². The number of carbonyl (C=O) groups excluding carboxylic acids is 1. The molecule has 2 aromatic rings. The summed E-state index contributed by atoms with van der Waals surface area (Å²) in [6, 6.07) is 2.16. The normalized spacial score (nSPS) is 15.7. The molecule has 1 fully saturated rings. The van der Waals surface area contributed by atoms with Crippen LogP contribution in [0.1, 0.15) is 18.7 Å². The molecule has 21 heavy (non-hydrogen) atoms. The molecule has 2 aromatic heterocycles. The second kappa shape index (κ2) is 5.48. The lowest BCUT2D eigenvalue weighted by atomic mass is 10.2. The number of hydrogen-bond donors (Lipinski definition) is 1. The summed E-state index contributed by atoms with van der Waals surface area (Å²) in [5.74, 6) is 1.35. The maximum absolute atomic E-state index is 11.4. The van der Waals surface area contributed by atoms with E-state index in [1.54, 1.807) is 18.3 Å². The van der Waals surface area contributed by atoms with E-state index < -0.39 is 0 Å². The van der Waals surface area contributed by atoms with Gasteiger partial charge in [0, 0.05) is 38.0 Å². The summed E-state index contributed by atoms with van der Waals surface area (Å²) in [6.07, 6.45) is 0.985. The number of nitrogens with zero attached hydrogens (tertiary/aromatic N) is 4. The summed E-state index contributed by atoms with van der Waals surface area (Å²) in [4.78, 5) is 26.5. The summed E-state index contributed by atoms with van der Waals surface area (Å²) in [5, 5.41) is 1.07. The van der Waals surface area contributed by atoms with Crippen molar-refractivity contribution in [3.63, 3.8) is 0 Å². The van der Waals surface area contributed by atoms with Gasteiger partial charge in [-0.2, -0.15) is 4.98 Å². The van der Waals surface area contributed by atoms with Gasteiger partial charge in [-0.3, -0.25) is 4.79 Å². The summed E-state index contributed by atoms with van der Waals surface area (Å²) in [6.45, 7) is 6.76. The Morgan fingerprint density at radius 3 is 2.67 bits per heavy atom. The van der Waals surface area contributed by atoms with Crippen LogP contribution >= 0.6 is 11.3 Å². The Bertz CT molecular complexity index is 675. The van der Waals surface area contributed by atoms with Gasteiger partial charge in [0.05, 0.1) is 5.39 Å². The molecule has 1 amide bonds. The van der Waals surface area contributed by atoms with E-state index in [4.69, 9.17) is 5.73 Å². The molecule has 3 rings (SSSR count). The van der Waals surface area contributed by atoms with Crippen molar-refractivity contribution in [1.29, 1.82) is 0 Å². The van der Waals surface area contributed by atoms with E-state index in [9.17, 15) is 4.79 Å². The Morgan fingerprint density at radius 1 is 1.33 bits per heavy atom. The van der Waals surface area contributed by atoms with Crippen molar-refractivity contribution in [1.82, 2.24) is 14.9 Å². The first-order chi connectivity index (χ1) is 10.1. The highest BCUT2D eigenvalue weighted by molar-refractivity contribution is 7.18. The maximum atomic E-state index is 11.4. The molecular weight excluding hydrogens is 286 g/mol. The number of hydrogen-bond acceptors (Lipinski definition) is 6. The summed E-state index contributed by atoms with van der Waals surface area (Å²) < 4.78 is 0. The Hall–Kier alpha value is -1.89. The minimum Gasteiger partial charge on any atom is -0.368 e. The van der Waals surface area contributed by atoms with Crippen molar-refractivity contribution < 1.29 is 4.79 Å². The van der Waals surface area contributed by atoms with Crippen LogP contribution in [0.2, 0.25) is 0 Å². The van der Waals surface area contributed by atoms with Gasteiger partial charge in [-0.15, -0.1) is 11.3 Å². The van der Waals surface area contributed by atoms with Crippen molar-refractivity contribution in [2.45, 2.75) is 20.3 Å². The first-order valence-electron chi connectivity index (χ1n) is 7.15. The van der Waals surface area contributed by atoms with Gasteiger partial charge in [0.25, 0.3) is 0 Å². The molecule has 0 aliphatic carbocycles. The van der Waals surface area contributed by atoms with E-state index in [0.29, 0.717) is 5.95 Å². The summed E-state index contributed by atoms with van der Waals surface area (Å²) in [5.41, 5.74) is 5.85. The third-order valence-electron chi connectivity index (χ3n) is 3.81. The lowest BCUT2D eigenvalue weighted by Crippen LogP contribution is -2.48. The van der Waals surface area contributed by atoms with Crippen LogP contribution in [0.3, 0.4) is 0 Å². The fraction of sp³-hybridized carbons (Fsp3) is 0.500. The predicted octanol–water partition coefficient (Wildman–Crippen LogP) is 1.50. The first kappa shape index (κ1) is 14.1. The SMILES string of the molecule is CCc1cc2c(N3CCN(C(C)=O)CC3)nc(N)nc2s1. The number of aromatic nitrogens is 2. The maximum Gasteiger partial charge on any atom is 0.223 e. The van der Waals surface area contributed by atoms with Crippen molar-refractivity contribution in [2.24, 2.45) is 0 Å². The smallest absolute Gasteiger partial charge is 0.223 e. The number of piperazine rings is 1. The second-order valence-electron chi connectivity index (χ2n) is 5.18.